The Morgan fingerprint density at radius 1 is 1.29 bits per heavy atom. The second-order valence-electron chi connectivity index (χ2n) is 8.47. The molecule has 4 rings (SSSR count). The molecule has 4 atom stereocenters. The Morgan fingerprint density at radius 3 is 2.71 bits per heavy atom. The summed E-state index contributed by atoms with van der Waals surface area (Å²) in [6.45, 7) is 5.63. The predicted molar refractivity (Wildman–Crippen MR) is 112 cm³/mol. The molecule has 1 heterocycles. The van der Waals surface area contributed by atoms with E-state index in [0.717, 1.165) is 17.5 Å². The van der Waals surface area contributed by atoms with Crippen molar-refractivity contribution in [3.8, 4) is 5.75 Å². The van der Waals surface area contributed by atoms with Gasteiger partial charge < -0.3 is 10.4 Å². The van der Waals surface area contributed by atoms with E-state index in [1.807, 2.05) is 31.3 Å². The highest BCUT2D eigenvalue weighted by atomic mass is 35.5. The van der Waals surface area contributed by atoms with Crippen LogP contribution in [0.3, 0.4) is 0 Å². The minimum absolute atomic E-state index is 0.0162. The molecule has 2 aromatic rings. The van der Waals surface area contributed by atoms with Crippen molar-refractivity contribution >= 4 is 17.5 Å². The molecule has 2 aliphatic rings. The molecule has 1 fully saturated rings. The third kappa shape index (κ3) is 3.09. The number of benzene rings is 2. The Labute approximate surface area is 171 Å². The second kappa shape index (κ2) is 7.09. The summed E-state index contributed by atoms with van der Waals surface area (Å²) in [7, 11) is 2.04. The predicted octanol–water partition coefficient (Wildman–Crippen LogP) is 3.74. The standard InChI is InChI=1S/C23H27ClN2O2/c1-14-20(23(14,2)16-7-5-4-6-8-16)22(28)25-12-17-11-15-9-10-19(27)21(24)18(15)13-26(17)3/h4-10,14,17,20,27H,11-13H2,1-3H3,(H,25,28)/t14-,17-,20-,23-/m0/s1. The van der Waals surface area contributed by atoms with Gasteiger partial charge in [0, 0.05) is 24.5 Å². The van der Waals surface area contributed by atoms with E-state index in [-0.39, 0.29) is 29.0 Å². The van der Waals surface area contributed by atoms with Gasteiger partial charge in [-0.15, -0.1) is 0 Å². The second-order valence-corrected chi connectivity index (χ2v) is 8.85. The van der Waals surface area contributed by atoms with Crippen LogP contribution in [0.15, 0.2) is 42.5 Å². The zero-order chi connectivity index (χ0) is 20.1. The van der Waals surface area contributed by atoms with E-state index in [1.165, 1.54) is 5.56 Å². The lowest BCUT2D eigenvalue weighted by molar-refractivity contribution is -0.123. The molecular formula is C23H27ClN2O2. The van der Waals surface area contributed by atoms with Crippen molar-refractivity contribution < 1.29 is 9.90 Å². The maximum absolute atomic E-state index is 12.9. The average molecular weight is 399 g/mol. The number of rotatable bonds is 4. The number of carbonyl (C=O) groups is 1. The van der Waals surface area contributed by atoms with Gasteiger partial charge in [0.2, 0.25) is 5.91 Å². The molecule has 4 nitrogen and oxygen atoms in total. The molecule has 148 valence electrons. The van der Waals surface area contributed by atoms with Crippen molar-refractivity contribution in [1.29, 1.82) is 0 Å². The van der Waals surface area contributed by atoms with Crippen molar-refractivity contribution in [2.75, 3.05) is 13.6 Å². The number of hydrogen-bond acceptors (Lipinski definition) is 3. The van der Waals surface area contributed by atoms with Crippen molar-refractivity contribution in [3.63, 3.8) is 0 Å². The summed E-state index contributed by atoms with van der Waals surface area (Å²) in [5, 5.41) is 13.5. The number of amides is 1. The highest BCUT2D eigenvalue weighted by Crippen LogP contribution is 2.59. The Bertz CT molecular complexity index is 901. The summed E-state index contributed by atoms with van der Waals surface area (Å²) < 4.78 is 0. The summed E-state index contributed by atoms with van der Waals surface area (Å²) in [5.41, 5.74) is 3.29. The molecule has 1 aliphatic carbocycles. The van der Waals surface area contributed by atoms with Crippen LogP contribution in [0.1, 0.15) is 30.5 Å². The molecule has 0 unspecified atom stereocenters. The molecule has 28 heavy (non-hydrogen) atoms. The molecule has 0 saturated heterocycles. The number of phenolic OH excluding ortho intramolecular Hbond substituents is 1. The molecule has 2 aromatic carbocycles. The first-order valence-electron chi connectivity index (χ1n) is 9.86. The highest BCUT2D eigenvalue weighted by Gasteiger charge is 2.62. The SMILES string of the molecule is C[C@H]1[C@@H](C(=O)NC[C@@H]2Cc3ccc(O)c(Cl)c3CN2C)[C@]1(C)c1ccccc1. The van der Waals surface area contributed by atoms with Gasteiger partial charge in [-0.25, -0.2) is 0 Å². The van der Waals surface area contributed by atoms with Gasteiger partial charge in [0.25, 0.3) is 0 Å². The molecule has 0 spiro atoms. The summed E-state index contributed by atoms with van der Waals surface area (Å²) in [6.07, 6.45) is 0.808. The van der Waals surface area contributed by atoms with Crippen LogP contribution in [-0.4, -0.2) is 35.5 Å². The van der Waals surface area contributed by atoms with Gasteiger partial charge in [-0.1, -0.05) is 61.8 Å². The van der Waals surface area contributed by atoms with Gasteiger partial charge >= 0.3 is 0 Å². The molecule has 1 amide bonds. The quantitative estimate of drug-likeness (QED) is 0.824. The average Bonchev–Trinajstić information content (AvgIpc) is 3.26. The van der Waals surface area contributed by atoms with Crippen molar-refractivity contribution in [2.24, 2.45) is 11.8 Å². The van der Waals surface area contributed by atoms with E-state index in [4.69, 9.17) is 11.6 Å². The van der Waals surface area contributed by atoms with Gasteiger partial charge in [-0.05, 0) is 42.1 Å². The minimum atomic E-state index is -0.0819. The van der Waals surface area contributed by atoms with E-state index in [1.54, 1.807) is 6.07 Å². The van der Waals surface area contributed by atoms with Crippen LogP contribution in [0.5, 0.6) is 5.75 Å². The van der Waals surface area contributed by atoms with E-state index in [2.05, 4.69) is 36.2 Å². The number of fused-ring (bicyclic) bond motifs is 1. The summed E-state index contributed by atoms with van der Waals surface area (Å²) >= 11 is 6.26. The molecule has 0 bridgehead atoms. The molecule has 0 aromatic heterocycles. The molecule has 1 saturated carbocycles. The lowest BCUT2D eigenvalue weighted by Crippen LogP contribution is -2.46. The Balaban J connectivity index is 1.41. The zero-order valence-electron chi connectivity index (χ0n) is 16.6. The minimum Gasteiger partial charge on any atom is -0.506 e. The van der Waals surface area contributed by atoms with Crippen LogP contribution < -0.4 is 5.32 Å². The highest BCUT2D eigenvalue weighted by molar-refractivity contribution is 6.32. The van der Waals surface area contributed by atoms with E-state index in [9.17, 15) is 9.90 Å². The third-order valence-corrected chi connectivity index (χ3v) is 7.40. The zero-order valence-corrected chi connectivity index (χ0v) is 17.3. The van der Waals surface area contributed by atoms with Crippen molar-refractivity contribution in [3.05, 3.63) is 64.2 Å². The fourth-order valence-electron chi connectivity index (χ4n) is 4.82. The Kier molecular flexibility index (Phi) is 4.88. The van der Waals surface area contributed by atoms with E-state index >= 15 is 0 Å². The molecule has 0 radical (unpaired) electrons. The molecule has 5 heteroatoms. The maximum atomic E-state index is 12.9. The number of hydrogen-bond donors (Lipinski definition) is 2. The number of nitrogens with one attached hydrogen (secondary N) is 1. The van der Waals surface area contributed by atoms with Crippen LogP contribution in [-0.2, 0) is 23.2 Å². The molecule has 1 aliphatic heterocycles. The van der Waals surface area contributed by atoms with Gasteiger partial charge in [0.05, 0.1) is 10.9 Å². The number of halogens is 1. The first-order valence-corrected chi connectivity index (χ1v) is 10.2. The van der Waals surface area contributed by atoms with Crippen LogP contribution in [0.25, 0.3) is 0 Å². The molecular weight excluding hydrogens is 372 g/mol. The largest absolute Gasteiger partial charge is 0.506 e. The Hall–Kier alpha value is -2.04. The van der Waals surface area contributed by atoms with Gasteiger partial charge in [0.1, 0.15) is 5.75 Å². The van der Waals surface area contributed by atoms with Crippen LogP contribution in [0.2, 0.25) is 5.02 Å². The number of likely N-dealkylation sites (N-methyl/N-ethyl adjacent to an activating group) is 1. The van der Waals surface area contributed by atoms with E-state index in [0.29, 0.717) is 24.0 Å². The fraction of sp³-hybridized carbons (Fsp3) is 0.435. The fourth-order valence-corrected chi connectivity index (χ4v) is 5.07. The van der Waals surface area contributed by atoms with Gasteiger partial charge in [-0.2, -0.15) is 0 Å². The van der Waals surface area contributed by atoms with E-state index < -0.39 is 0 Å². The monoisotopic (exact) mass is 398 g/mol. The normalized spacial score (nSPS) is 29.2. The van der Waals surface area contributed by atoms with Crippen LogP contribution in [0.4, 0.5) is 0 Å². The lowest BCUT2D eigenvalue weighted by Gasteiger charge is -2.34. The number of phenols is 1. The third-order valence-electron chi connectivity index (χ3n) is 6.98. The topological polar surface area (TPSA) is 52.6 Å². The summed E-state index contributed by atoms with van der Waals surface area (Å²) in [4.78, 5) is 15.1. The van der Waals surface area contributed by atoms with Gasteiger partial charge in [0.15, 0.2) is 0 Å². The van der Waals surface area contributed by atoms with Gasteiger partial charge in [-0.3, -0.25) is 9.69 Å². The number of aromatic hydroxyl groups is 1. The first-order chi connectivity index (χ1) is 13.3. The van der Waals surface area contributed by atoms with Crippen molar-refractivity contribution in [1.82, 2.24) is 10.2 Å². The maximum Gasteiger partial charge on any atom is 0.224 e. The smallest absolute Gasteiger partial charge is 0.224 e. The van der Waals surface area contributed by atoms with Crippen LogP contribution >= 0.6 is 11.6 Å². The number of carbonyl (C=O) groups excluding carboxylic acids is 1. The number of nitrogens with zero attached hydrogens (tertiary/aromatic N) is 1. The Morgan fingerprint density at radius 2 is 2.00 bits per heavy atom. The van der Waals surface area contributed by atoms with Crippen LogP contribution in [0, 0.1) is 11.8 Å². The molecule has 2 N–H and O–H groups in total. The summed E-state index contributed by atoms with van der Waals surface area (Å²) in [6, 6.07) is 14.1. The lowest BCUT2D eigenvalue weighted by atomic mass is 9.93. The van der Waals surface area contributed by atoms with Crippen molar-refractivity contribution in [2.45, 2.75) is 38.3 Å². The summed E-state index contributed by atoms with van der Waals surface area (Å²) in [5.74, 6) is 0.620. The first kappa shape index (κ1) is 19.3.